The van der Waals surface area contributed by atoms with Gasteiger partial charge in [0.15, 0.2) is 17.5 Å². The summed E-state index contributed by atoms with van der Waals surface area (Å²) in [6, 6.07) is 47.7. The zero-order valence-corrected chi connectivity index (χ0v) is 30.0. The van der Waals surface area contributed by atoms with E-state index in [-0.39, 0.29) is 0 Å². The largest absolute Gasteiger partial charge is 0.312 e. The Kier molecular flexibility index (Phi) is 7.22. The Morgan fingerprint density at radius 2 is 1.13 bits per heavy atom. The highest BCUT2D eigenvalue weighted by molar-refractivity contribution is 6.10. The Bertz CT molecular complexity index is 2890. The van der Waals surface area contributed by atoms with Gasteiger partial charge in [-0.25, -0.2) is 15.0 Å². The summed E-state index contributed by atoms with van der Waals surface area (Å²) in [5, 5.41) is 3.62. The lowest BCUT2D eigenvalue weighted by atomic mass is 10.0. The lowest BCUT2D eigenvalue weighted by molar-refractivity contribution is 0.888. The normalized spacial score (nSPS) is 12.6. The molecular formula is C48H37N5. The molecule has 1 aliphatic rings. The van der Waals surface area contributed by atoms with Crippen molar-refractivity contribution in [3.63, 3.8) is 0 Å². The van der Waals surface area contributed by atoms with Crippen molar-refractivity contribution in [2.75, 3.05) is 0 Å². The summed E-state index contributed by atoms with van der Waals surface area (Å²) in [6.07, 6.45) is 6.56. The van der Waals surface area contributed by atoms with Crippen LogP contribution in [-0.2, 0) is 6.42 Å². The standard InChI is InChI=1S/C48H37N5/c1-30-21-23-38-39-24-22-33(29-44(39)52(43(38)28-30)35-13-6-4-7-14-35)46-49-47(34-26-31(2)25-32(3)27-34)51-48(50-46)41-19-12-18-40-37-17-10-11-20-42(37)53(45(40)41)36-15-8-5-9-16-36/h4-10,12-19,21-29H,11,20H2,1-3H3. The van der Waals surface area contributed by atoms with Gasteiger partial charge in [0, 0.05) is 55.5 Å². The van der Waals surface area contributed by atoms with Gasteiger partial charge in [0.1, 0.15) is 0 Å². The third kappa shape index (κ3) is 5.19. The molecule has 53 heavy (non-hydrogen) atoms. The highest BCUT2D eigenvalue weighted by atomic mass is 15.1. The van der Waals surface area contributed by atoms with Gasteiger partial charge in [0.05, 0.1) is 16.6 Å². The second-order valence-electron chi connectivity index (χ2n) is 14.3. The number of allylic oxidation sites excluding steroid dienone is 1. The van der Waals surface area contributed by atoms with Gasteiger partial charge in [-0.05, 0) is 93.8 Å². The summed E-state index contributed by atoms with van der Waals surface area (Å²) in [5.41, 5.74) is 14.7. The minimum atomic E-state index is 0.645. The molecule has 0 unspecified atom stereocenters. The maximum absolute atomic E-state index is 5.35. The quantitative estimate of drug-likeness (QED) is 0.181. The van der Waals surface area contributed by atoms with Crippen molar-refractivity contribution in [2.45, 2.75) is 33.6 Å². The van der Waals surface area contributed by atoms with Crippen molar-refractivity contribution >= 4 is 38.8 Å². The molecule has 0 fully saturated rings. The number of rotatable bonds is 5. The summed E-state index contributed by atoms with van der Waals surface area (Å²) in [4.78, 5) is 15.9. The molecule has 0 aliphatic heterocycles. The topological polar surface area (TPSA) is 48.5 Å². The second kappa shape index (κ2) is 12.3. The molecule has 6 aromatic carbocycles. The number of aromatic nitrogens is 5. The Hall–Kier alpha value is -6.59. The van der Waals surface area contributed by atoms with Crippen LogP contribution in [0.4, 0.5) is 0 Å². The Balaban J connectivity index is 1.26. The molecule has 0 atom stereocenters. The van der Waals surface area contributed by atoms with Crippen LogP contribution in [-0.4, -0.2) is 24.1 Å². The lowest BCUT2D eigenvalue weighted by Crippen LogP contribution is -2.05. The van der Waals surface area contributed by atoms with Crippen molar-refractivity contribution in [1.82, 2.24) is 24.1 Å². The van der Waals surface area contributed by atoms with E-state index < -0.39 is 0 Å². The van der Waals surface area contributed by atoms with Gasteiger partial charge in [-0.1, -0.05) is 102 Å². The van der Waals surface area contributed by atoms with Gasteiger partial charge in [0.25, 0.3) is 0 Å². The molecule has 3 heterocycles. The van der Waals surface area contributed by atoms with Gasteiger partial charge in [-0.3, -0.25) is 0 Å². The van der Waals surface area contributed by atoms with E-state index in [1.165, 1.54) is 49.6 Å². The first kappa shape index (κ1) is 31.2. The van der Waals surface area contributed by atoms with Crippen LogP contribution in [0.1, 0.15) is 34.4 Å². The summed E-state index contributed by atoms with van der Waals surface area (Å²) >= 11 is 0. The van der Waals surface area contributed by atoms with Gasteiger partial charge in [0.2, 0.25) is 0 Å². The number of hydrogen-bond acceptors (Lipinski definition) is 3. The third-order valence-electron chi connectivity index (χ3n) is 10.5. The summed E-state index contributed by atoms with van der Waals surface area (Å²) in [6.45, 7) is 6.41. The highest BCUT2D eigenvalue weighted by Gasteiger charge is 2.24. The van der Waals surface area contributed by atoms with Gasteiger partial charge in [-0.2, -0.15) is 0 Å². The maximum Gasteiger partial charge on any atom is 0.166 e. The molecule has 5 nitrogen and oxygen atoms in total. The number of nitrogens with zero attached hydrogens (tertiary/aromatic N) is 5. The predicted octanol–water partition coefficient (Wildman–Crippen LogP) is 11.8. The minimum absolute atomic E-state index is 0.645. The van der Waals surface area contributed by atoms with E-state index in [2.05, 4.69) is 176 Å². The van der Waals surface area contributed by atoms with E-state index in [1.807, 2.05) is 0 Å². The van der Waals surface area contributed by atoms with E-state index in [0.29, 0.717) is 17.5 Å². The molecule has 3 aromatic heterocycles. The van der Waals surface area contributed by atoms with E-state index >= 15 is 0 Å². The average Bonchev–Trinajstić information content (AvgIpc) is 3.70. The van der Waals surface area contributed by atoms with Crippen molar-refractivity contribution in [3.05, 3.63) is 167 Å². The van der Waals surface area contributed by atoms with E-state index in [0.717, 1.165) is 51.9 Å². The number of aryl methyl sites for hydroxylation is 3. The fraction of sp³-hybridized carbons (Fsp3) is 0.104. The Labute approximate surface area is 308 Å². The molecule has 9 aromatic rings. The maximum atomic E-state index is 5.35. The van der Waals surface area contributed by atoms with Crippen LogP contribution >= 0.6 is 0 Å². The first-order valence-corrected chi connectivity index (χ1v) is 18.3. The molecule has 254 valence electrons. The zero-order valence-electron chi connectivity index (χ0n) is 30.0. The van der Waals surface area contributed by atoms with Crippen LogP contribution in [0.5, 0.6) is 0 Å². The minimum Gasteiger partial charge on any atom is -0.312 e. The number of benzene rings is 6. The first-order chi connectivity index (χ1) is 26.0. The van der Waals surface area contributed by atoms with Crippen LogP contribution in [0.25, 0.3) is 84.3 Å². The second-order valence-corrected chi connectivity index (χ2v) is 14.3. The first-order valence-electron chi connectivity index (χ1n) is 18.3. The SMILES string of the molecule is Cc1cc(C)cc(-c2nc(-c3ccc4c5ccc(C)cc5n(-c5ccccc5)c4c3)nc(-c3cccc4c5c(n(-c6ccccc6)c34)CCC=C5)n2)c1. The molecular weight excluding hydrogens is 647 g/mol. The van der Waals surface area contributed by atoms with Gasteiger partial charge in [-0.15, -0.1) is 0 Å². The van der Waals surface area contributed by atoms with Gasteiger partial charge >= 0.3 is 0 Å². The highest BCUT2D eigenvalue weighted by Crippen LogP contribution is 2.40. The fourth-order valence-electron chi connectivity index (χ4n) is 8.29. The lowest BCUT2D eigenvalue weighted by Gasteiger charge is -2.15. The summed E-state index contributed by atoms with van der Waals surface area (Å²) in [5.74, 6) is 1.97. The molecule has 0 N–H and O–H groups in total. The summed E-state index contributed by atoms with van der Waals surface area (Å²) < 4.78 is 4.79. The zero-order chi connectivity index (χ0) is 35.6. The third-order valence-corrected chi connectivity index (χ3v) is 10.5. The van der Waals surface area contributed by atoms with E-state index in [1.54, 1.807) is 0 Å². The molecule has 5 heteroatoms. The average molecular weight is 684 g/mol. The molecule has 0 saturated carbocycles. The number of fused-ring (bicyclic) bond motifs is 6. The number of hydrogen-bond donors (Lipinski definition) is 0. The van der Waals surface area contributed by atoms with Crippen LogP contribution in [0, 0.1) is 20.8 Å². The Morgan fingerprint density at radius 1 is 0.491 bits per heavy atom. The molecule has 0 amide bonds. The fourth-order valence-corrected chi connectivity index (χ4v) is 8.29. The van der Waals surface area contributed by atoms with E-state index in [4.69, 9.17) is 15.0 Å². The number of para-hydroxylation sites is 3. The van der Waals surface area contributed by atoms with Crippen molar-refractivity contribution in [3.8, 4) is 45.5 Å². The van der Waals surface area contributed by atoms with Crippen LogP contribution in [0.15, 0.2) is 140 Å². The summed E-state index contributed by atoms with van der Waals surface area (Å²) in [7, 11) is 0. The molecule has 0 bridgehead atoms. The predicted molar refractivity (Wildman–Crippen MR) is 219 cm³/mol. The van der Waals surface area contributed by atoms with Crippen molar-refractivity contribution in [2.24, 2.45) is 0 Å². The molecule has 10 rings (SSSR count). The smallest absolute Gasteiger partial charge is 0.166 e. The van der Waals surface area contributed by atoms with Crippen LogP contribution in [0.2, 0.25) is 0 Å². The van der Waals surface area contributed by atoms with E-state index in [9.17, 15) is 0 Å². The van der Waals surface area contributed by atoms with Crippen molar-refractivity contribution in [1.29, 1.82) is 0 Å². The molecule has 0 saturated heterocycles. The van der Waals surface area contributed by atoms with Gasteiger partial charge < -0.3 is 9.13 Å². The monoisotopic (exact) mass is 683 g/mol. The molecule has 0 spiro atoms. The Morgan fingerprint density at radius 3 is 1.87 bits per heavy atom. The van der Waals surface area contributed by atoms with Crippen LogP contribution in [0.3, 0.4) is 0 Å². The molecule has 1 aliphatic carbocycles. The molecule has 0 radical (unpaired) electrons. The van der Waals surface area contributed by atoms with Crippen molar-refractivity contribution < 1.29 is 0 Å². The van der Waals surface area contributed by atoms with Crippen LogP contribution < -0.4 is 0 Å².